The topological polar surface area (TPSA) is 46.0 Å². The smallest absolute Gasteiger partial charge is 0.0997 e. The first-order chi connectivity index (χ1) is 9.33. The highest BCUT2D eigenvalue weighted by atomic mass is 15.5. The Labute approximate surface area is 114 Å². The first-order valence-electron chi connectivity index (χ1n) is 7.68. The Morgan fingerprint density at radius 1 is 1.16 bits per heavy atom. The molecule has 0 aliphatic carbocycles. The van der Waals surface area contributed by atoms with E-state index in [1.807, 2.05) is 0 Å². The molecule has 5 heteroatoms. The van der Waals surface area contributed by atoms with Gasteiger partial charge in [-0.05, 0) is 32.7 Å². The molecule has 0 saturated carbocycles. The zero-order valence-corrected chi connectivity index (χ0v) is 11.7. The summed E-state index contributed by atoms with van der Waals surface area (Å²) in [5.74, 6) is 0. The number of piperidine rings is 2. The quantitative estimate of drug-likeness (QED) is 0.822. The summed E-state index contributed by atoms with van der Waals surface area (Å²) in [5, 5.41) is 12.2. The van der Waals surface area contributed by atoms with Gasteiger partial charge in [0.25, 0.3) is 0 Å². The molecule has 2 saturated heterocycles. The van der Waals surface area contributed by atoms with Gasteiger partial charge in [0.15, 0.2) is 0 Å². The zero-order chi connectivity index (χ0) is 12.8. The fraction of sp³-hybridized carbons (Fsp3) is 0.857. The molecule has 0 aromatic carbocycles. The van der Waals surface area contributed by atoms with Crippen molar-refractivity contribution in [2.75, 3.05) is 13.6 Å². The maximum absolute atomic E-state index is 4.48. The van der Waals surface area contributed by atoms with Crippen LogP contribution in [-0.2, 0) is 13.0 Å². The Morgan fingerprint density at radius 3 is 2.74 bits per heavy atom. The first kappa shape index (κ1) is 11.9. The fourth-order valence-corrected chi connectivity index (χ4v) is 4.24. The lowest BCUT2D eigenvalue weighted by Crippen LogP contribution is -2.50. The van der Waals surface area contributed by atoms with Crippen molar-refractivity contribution in [2.45, 2.75) is 63.2 Å². The monoisotopic (exact) mass is 261 g/mol. The molecule has 0 amide bonds. The first-order valence-corrected chi connectivity index (χ1v) is 7.68. The minimum absolute atomic E-state index is 0.584. The molecule has 4 rings (SSSR count). The molecule has 1 aromatic heterocycles. The molecule has 3 aliphatic heterocycles. The van der Waals surface area contributed by atoms with Crippen LogP contribution in [0.15, 0.2) is 0 Å². The van der Waals surface area contributed by atoms with E-state index in [9.17, 15) is 0 Å². The van der Waals surface area contributed by atoms with Gasteiger partial charge in [0.05, 0.1) is 17.4 Å². The van der Waals surface area contributed by atoms with Crippen LogP contribution in [0.4, 0.5) is 0 Å². The molecule has 3 aliphatic rings. The minimum Gasteiger partial charge on any atom is -0.311 e. The third-order valence-electron chi connectivity index (χ3n) is 5.36. The third kappa shape index (κ3) is 1.91. The molecular formula is C14H23N5. The molecule has 2 fully saturated rings. The molecule has 1 aromatic rings. The Balaban J connectivity index is 1.61. The van der Waals surface area contributed by atoms with Crippen LogP contribution in [0.5, 0.6) is 0 Å². The second-order valence-electron chi connectivity index (χ2n) is 6.38. The van der Waals surface area contributed by atoms with Gasteiger partial charge in [-0.2, -0.15) is 0 Å². The van der Waals surface area contributed by atoms with Crippen molar-refractivity contribution in [3.8, 4) is 0 Å². The van der Waals surface area contributed by atoms with Crippen molar-refractivity contribution < 1.29 is 0 Å². The summed E-state index contributed by atoms with van der Waals surface area (Å²) in [6, 6.07) is 2.11. The molecule has 0 spiro atoms. The molecule has 2 bridgehead atoms. The van der Waals surface area contributed by atoms with E-state index in [2.05, 4.69) is 32.3 Å². The minimum atomic E-state index is 0.584. The lowest BCUT2D eigenvalue weighted by molar-refractivity contribution is 0.0356. The fourth-order valence-electron chi connectivity index (χ4n) is 4.24. The van der Waals surface area contributed by atoms with E-state index in [0.717, 1.165) is 31.6 Å². The van der Waals surface area contributed by atoms with Gasteiger partial charge in [-0.15, -0.1) is 5.10 Å². The van der Waals surface area contributed by atoms with Crippen molar-refractivity contribution >= 4 is 0 Å². The summed E-state index contributed by atoms with van der Waals surface area (Å²) in [7, 11) is 2.31. The largest absolute Gasteiger partial charge is 0.311 e. The zero-order valence-electron chi connectivity index (χ0n) is 11.7. The second kappa shape index (κ2) is 4.56. The molecule has 4 heterocycles. The van der Waals surface area contributed by atoms with E-state index in [1.165, 1.54) is 43.5 Å². The number of aromatic nitrogens is 3. The van der Waals surface area contributed by atoms with Crippen molar-refractivity contribution in [1.82, 2.24) is 25.2 Å². The number of nitrogens with one attached hydrogen (secondary N) is 1. The molecule has 2 unspecified atom stereocenters. The van der Waals surface area contributed by atoms with Crippen LogP contribution in [0.1, 0.15) is 49.5 Å². The predicted octanol–water partition coefficient (Wildman–Crippen LogP) is 1.11. The molecule has 0 radical (unpaired) electrons. The normalized spacial score (nSPS) is 35.1. The van der Waals surface area contributed by atoms with E-state index in [0.29, 0.717) is 6.04 Å². The lowest BCUT2D eigenvalue weighted by Gasteiger charge is -2.47. The molecule has 5 nitrogen and oxygen atoms in total. The molecule has 2 atom stereocenters. The number of fused-ring (bicyclic) bond motifs is 3. The van der Waals surface area contributed by atoms with Crippen LogP contribution in [0.3, 0.4) is 0 Å². The van der Waals surface area contributed by atoms with Crippen molar-refractivity contribution in [3.63, 3.8) is 0 Å². The maximum Gasteiger partial charge on any atom is 0.0997 e. The Kier molecular flexibility index (Phi) is 2.84. The SMILES string of the molecule is CN1C2CCCC1CC(n1nnc3c1CCNC3)C2. The molecule has 104 valence electrons. The van der Waals surface area contributed by atoms with E-state index >= 15 is 0 Å². The summed E-state index contributed by atoms with van der Waals surface area (Å²) in [5.41, 5.74) is 2.57. The van der Waals surface area contributed by atoms with Gasteiger partial charge in [-0.3, -0.25) is 0 Å². The average Bonchev–Trinajstić information content (AvgIpc) is 2.82. The number of rotatable bonds is 1. The van der Waals surface area contributed by atoms with Crippen LogP contribution in [0.25, 0.3) is 0 Å². The van der Waals surface area contributed by atoms with Crippen molar-refractivity contribution in [1.29, 1.82) is 0 Å². The van der Waals surface area contributed by atoms with Gasteiger partial charge >= 0.3 is 0 Å². The third-order valence-corrected chi connectivity index (χ3v) is 5.36. The van der Waals surface area contributed by atoms with Gasteiger partial charge in [-0.25, -0.2) is 4.68 Å². The highest BCUT2D eigenvalue weighted by molar-refractivity contribution is 5.14. The summed E-state index contributed by atoms with van der Waals surface area (Å²) >= 11 is 0. The average molecular weight is 261 g/mol. The Bertz CT molecular complexity index is 454. The van der Waals surface area contributed by atoms with Crippen LogP contribution < -0.4 is 5.32 Å². The van der Waals surface area contributed by atoms with Gasteiger partial charge in [-0.1, -0.05) is 11.6 Å². The van der Waals surface area contributed by atoms with Gasteiger partial charge in [0, 0.05) is 31.6 Å². The number of hydrogen-bond acceptors (Lipinski definition) is 4. The molecule has 19 heavy (non-hydrogen) atoms. The maximum atomic E-state index is 4.48. The van der Waals surface area contributed by atoms with E-state index in [4.69, 9.17) is 0 Å². The van der Waals surface area contributed by atoms with Crippen molar-refractivity contribution in [2.24, 2.45) is 0 Å². The summed E-state index contributed by atoms with van der Waals surface area (Å²) in [6.07, 6.45) is 7.74. The standard InChI is InChI=1S/C14H23N5/c1-18-10-3-2-4-11(18)8-12(7-10)19-14-5-6-15-9-13(14)16-17-19/h10-12,15H,2-9H2,1H3. The van der Waals surface area contributed by atoms with E-state index < -0.39 is 0 Å². The highest BCUT2D eigenvalue weighted by Gasteiger charge is 2.38. The number of hydrogen-bond donors (Lipinski definition) is 1. The van der Waals surface area contributed by atoms with Crippen LogP contribution >= 0.6 is 0 Å². The van der Waals surface area contributed by atoms with Crippen LogP contribution in [0, 0.1) is 0 Å². The van der Waals surface area contributed by atoms with Gasteiger partial charge < -0.3 is 10.2 Å². The summed E-state index contributed by atoms with van der Waals surface area (Å²) in [6.45, 7) is 1.97. The highest BCUT2D eigenvalue weighted by Crippen LogP contribution is 2.38. The van der Waals surface area contributed by atoms with Gasteiger partial charge in [0.1, 0.15) is 0 Å². The summed E-state index contributed by atoms with van der Waals surface area (Å²) in [4.78, 5) is 2.62. The Morgan fingerprint density at radius 2 is 1.95 bits per heavy atom. The molecular weight excluding hydrogens is 238 g/mol. The predicted molar refractivity (Wildman–Crippen MR) is 72.9 cm³/mol. The summed E-state index contributed by atoms with van der Waals surface area (Å²) < 4.78 is 2.27. The van der Waals surface area contributed by atoms with E-state index in [1.54, 1.807) is 0 Å². The van der Waals surface area contributed by atoms with Crippen LogP contribution in [-0.4, -0.2) is 45.6 Å². The molecule has 1 N–H and O–H groups in total. The van der Waals surface area contributed by atoms with E-state index in [-0.39, 0.29) is 0 Å². The Hall–Kier alpha value is -0.940. The van der Waals surface area contributed by atoms with Crippen molar-refractivity contribution in [3.05, 3.63) is 11.4 Å². The van der Waals surface area contributed by atoms with Gasteiger partial charge in [0.2, 0.25) is 0 Å². The second-order valence-corrected chi connectivity index (χ2v) is 6.38. The lowest BCUT2D eigenvalue weighted by atomic mass is 9.82. The van der Waals surface area contributed by atoms with Crippen LogP contribution in [0.2, 0.25) is 0 Å². The number of nitrogens with zero attached hydrogens (tertiary/aromatic N) is 4.